The Morgan fingerprint density at radius 1 is 0.964 bits per heavy atom. The van der Waals surface area contributed by atoms with Gasteiger partial charge in [0.15, 0.2) is 0 Å². The lowest BCUT2D eigenvalue weighted by atomic mass is 10.1. The van der Waals surface area contributed by atoms with Crippen LogP contribution in [0.15, 0.2) is 54.7 Å². The summed E-state index contributed by atoms with van der Waals surface area (Å²) in [6, 6.07) is 14.5. The topological polar surface area (TPSA) is 76.0 Å². The van der Waals surface area contributed by atoms with Crippen LogP contribution >= 0.6 is 0 Å². The maximum absolute atomic E-state index is 12.8. The summed E-state index contributed by atoms with van der Waals surface area (Å²) in [6.45, 7) is 6.64. The minimum absolute atomic E-state index is 0.230. The van der Waals surface area contributed by atoms with Crippen LogP contribution in [0.3, 0.4) is 0 Å². The van der Waals surface area contributed by atoms with Gasteiger partial charge in [0.2, 0.25) is 0 Å². The van der Waals surface area contributed by atoms with Crippen LogP contribution in [0.5, 0.6) is 0 Å². The molecule has 0 aliphatic heterocycles. The van der Waals surface area contributed by atoms with Gasteiger partial charge in [-0.05, 0) is 50.1 Å². The van der Waals surface area contributed by atoms with Gasteiger partial charge in [0.1, 0.15) is 0 Å². The van der Waals surface area contributed by atoms with Crippen molar-refractivity contribution in [3.63, 3.8) is 0 Å². The third-order valence-corrected chi connectivity index (χ3v) is 4.49. The number of amides is 2. The summed E-state index contributed by atoms with van der Waals surface area (Å²) in [5.74, 6) is -0.479. The Hall–Kier alpha value is -3.41. The highest BCUT2D eigenvalue weighted by atomic mass is 16.2. The van der Waals surface area contributed by atoms with E-state index in [4.69, 9.17) is 0 Å². The number of nitrogens with zero attached hydrogens (tertiary/aromatic N) is 2. The molecule has 2 amide bonds. The molecule has 28 heavy (non-hydrogen) atoms. The first-order chi connectivity index (χ1) is 13.5. The van der Waals surface area contributed by atoms with E-state index in [1.807, 2.05) is 48.9 Å². The highest BCUT2D eigenvalue weighted by Crippen LogP contribution is 2.25. The molecule has 0 bridgehead atoms. The van der Waals surface area contributed by atoms with Gasteiger partial charge in [0.25, 0.3) is 11.8 Å². The Kier molecular flexibility index (Phi) is 5.89. The van der Waals surface area contributed by atoms with Crippen molar-refractivity contribution in [2.75, 3.05) is 10.6 Å². The van der Waals surface area contributed by atoms with E-state index in [9.17, 15) is 9.59 Å². The highest BCUT2D eigenvalue weighted by Gasteiger charge is 2.16. The Labute approximate surface area is 164 Å². The first-order valence-electron chi connectivity index (χ1n) is 9.30. The first-order valence-corrected chi connectivity index (χ1v) is 9.30. The van der Waals surface area contributed by atoms with E-state index in [0.717, 1.165) is 24.2 Å². The van der Waals surface area contributed by atoms with Gasteiger partial charge in [0.05, 0.1) is 23.1 Å². The molecular formula is C22H24N4O2. The van der Waals surface area contributed by atoms with E-state index in [0.29, 0.717) is 22.5 Å². The molecule has 0 unspecified atom stereocenters. The molecule has 1 heterocycles. The van der Waals surface area contributed by atoms with Gasteiger partial charge >= 0.3 is 0 Å². The number of carbonyl (C=O) groups excluding carboxylic acids is 2. The second-order valence-corrected chi connectivity index (χ2v) is 6.69. The standard InChI is InChI=1S/C22H24N4O2/c1-4-12-26-16(3)18(14-23-26)22(28)25-20-13-15(2)10-11-19(20)24-21(27)17-8-6-5-7-9-17/h5-11,13-14H,4,12H2,1-3H3,(H,24,27)(H,25,28). The van der Waals surface area contributed by atoms with Gasteiger partial charge in [-0.1, -0.05) is 31.2 Å². The molecule has 0 aliphatic rings. The molecule has 3 rings (SSSR count). The number of hydrogen-bond donors (Lipinski definition) is 2. The van der Waals surface area contributed by atoms with Crippen LogP contribution in [0, 0.1) is 13.8 Å². The van der Waals surface area contributed by atoms with Crippen LogP contribution in [-0.4, -0.2) is 21.6 Å². The van der Waals surface area contributed by atoms with Crippen molar-refractivity contribution in [2.24, 2.45) is 0 Å². The van der Waals surface area contributed by atoms with Crippen molar-refractivity contribution in [1.82, 2.24) is 9.78 Å². The van der Waals surface area contributed by atoms with E-state index in [-0.39, 0.29) is 11.8 Å². The molecule has 0 fully saturated rings. The molecule has 0 spiro atoms. The summed E-state index contributed by atoms with van der Waals surface area (Å²) >= 11 is 0. The number of rotatable bonds is 6. The number of nitrogens with one attached hydrogen (secondary N) is 2. The van der Waals surface area contributed by atoms with Crippen molar-refractivity contribution >= 4 is 23.2 Å². The van der Waals surface area contributed by atoms with E-state index >= 15 is 0 Å². The van der Waals surface area contributed by atoms with Crippen molar-refractivity contribution in [3.05, 3.63) is 77.1 Å². The number of aromatic nitrogens is 2. The summed E-state index contributed by atoms with van der Waals surface area (Å²) < 4.78 is 1.82. The van der Waals surface area contributed by atoms with Crippen molar-refractivity contribution in [1.29, 1.82) is 0 Å². The molecule has 0 radical (unpaired) electrons. The Morgan fingerprint density at radius 2 is 1.68 bits per heavy atom. The number of carbonyl (C=O) groups is 2. The number of benzene rings is 2. The molecule has 144 valence electrons. The average molecular weight is 376 g/mol. The summed E-state index contributed by atoms with van der Waals surface area (Å²) in [5, 5.41) is 10.1. The fourth-order valence-electron chi connectivity index (χ4n) is 2.95. The number of hydrogen-bond acceptors (Lipinski definition) is 3. The third kappa shape index (κ3) is 4.28. The largest absolute Gasteiger partial charge is 0.320 e. The maximum Gasteiger partial charge on any atom is 0.259 e. The van der Waals surface area contributed by atoms with Crippen LogP contribution in [0.1, 0.15) is 45.3 Å². The molecule has 0 aliphatic carbocycles. The van der Waals surface area contributed by atoms with Gasteiger partial charge in [-0.3, -0.25) is 14.3 Å². The SMILES string of the molecule is CCCn1ncc(C(=O)Nc2cc(C)ccc2NC(=O)c2ccccc2)c1C. The number of aryl methyl sites for hydroxylation is 2. The second kappa shape index (κ2) is 8.52. The van der Waals surface area contributed by atoms with Crippen LogP contribution in [0.4, 0.5) is 11.4 Å². The zero-order valence-electron chi connectivity index (χ0n) is 16.3. The van der Waals surface area contributed by atoms with Gasteiger partial charge < -0.3 is 10.6 Å². The lowest BCUT2D eigenvalue weighted by Gasteiger charge is -2.13. The summed E-state index contributed by atoms with van der Waals surface area (Å²) in [5.41, 5.74) is 3.98. The fourth-order valence-corrected chi connectivity index (χ4v) is 2.95. The van der Waals surface area contributed by atoms with E-state index in [1.54, 1.807) is 24.4 Å². The number of anilines is 2. The van der Waals surface area contributed by atoms with Crippen LogP contribution in [0.25, 0.3) is 0 Å². The molecule has 2 aromatic carbocycles. The fraction of sp³-hybridized carbons (Fsp3) is 0.227. The molecule has 6 nitrogen and oxygen atoms in total. The van der Waals surface area contributed by atoms with Gasteiger partial charge in [-0.25, -0.2) is 0 Å². The lowest BCUT2D eigenvalue weighted by Crippen LogP contribution is -2.17. The molecular weight excluding hydrogens is 352 g/mol. The normalized spacial score (nSPS) is 10.5. The van der Waals surface area contributed by atoms with Crippen LogP contribution in [-0.2, 0) is 6.54 Å². The summed E-state index contributed by atoms with van der Waals surface area (Å²) in [4.78, 5) is 25.3. The quantitative estimate of drug-likeness (QED) is 0.669. The minimum Gasteiger partial charge on any atom is -0.320 e. The molecule has 1 aromatic heterocycles. The van der Waals surface area contributed by atoms with Crippen LogP contribution in [0.2, 0.25) is 0 Å². The second-order valence-electron chi connectivity index (χ2n) is 6.69. The third-order valence-electron chi connectivity index (χ3n) is 4.49. The van der Waals surface area contributed by atoms with Crippen molar-refractivity contribution in [2.45, 2.75) is 33.7 Å². The average Bonchev–Trinajstić information content (AvgIpc) is 3.05. The molecule has 3 aromatic rings. The van der Waals surface area contributed by atoms with Crippen molar-refractivity contribution in [3.8, 4) is 0 Å². The molecule has 0 saturated carbocycles. The van der Waals surface area contributed by atoms with Gasteiger partial charge in [0, 0.05) is 17.8 Å². The molecule has 0 saturated heterocycles. The molecule has 6 heteroatoms. The molecule has 0 atom stereocenters. The van der Waals surface area contributed by atoms with E-state index < -0.39 is 0 Å². The maximum atomic E-state index is 12.8. The predicted molar refractivity (Wildman–Crippen MR) is 111 cm³/mol. The highest BCUT2D eigenvalue weighted by molar-refractivity contribution is 6.10. The zero-order chi connectivity index (χ0) is 20.1. The van der Waals surface area contributed by atoms with Crippen molar-refractivity contribution < 1.29 is 9.59 Å². The Bertz CT molecular complexity index is 993. The summed E-state index contributed by atoms with van der Waals surface area (Å²) in [6.07, 6.45) is 2.52. The van der Waals surface area contributed by atoms with Gasteiger partial charge in [-0.2, -0.15) is 5.10 Å². The lowest BCUT2D eigenvalue weighted by molar-refractivity contribution is 0.101. The van der Waals surface area contributed by atoms with E-state index in [2.05, 4.69) is 22.7 Å². The Balaban J connectivity index is 1.83. The summed E-state index contributed by atoms with van der Waals surface area (Å²) in [7, 11) is 0. The smallest absolute Gasteiger partial charge is 0.259 e. The predicted octanol–water partition coefficient (Wildman–Crippen LogP) is 4.41. The zero-order valence-corrected chi connectivity index (χ0v) is 16.3. The molecule has 2 N–H and O–H groups in total. The van der Waals surface area contributed by atoms with E-state index in [1.165, 1.54) is 0 Å². The minimum atomic E-state index is -0.249. The Morgan fingerprint density at radius 3 is 2.39 bits per heavy atom. The van der Waals surface area contributed by atoms with Crippen LogP contribution < -0.4 is 10.6 Å². The monoisotopic (exact) mass is 376 g/mol. The van der Waals surface area contributed by atoms with Gasteiger partial charge in [-0.15, -0.1) is 0 Å². The first kappa shape index (κ1) is 19.4.